The molecule has 1 atom stereocenters. The summed E-state index contributed by atoms with van der Waals surface area (Å²) in [5.74, 6) is -3.99. The Morgan fingerprint density at radius 1 is 0.519 bits per heavy atom. The number of benzene rings is 4. The number of fused-ring (bicyclic) bond motifs is 3. The lowest BCUT2D eigenvalue weighted by molar-refractivity contribution is -0.150. The van der Waals surface area contributed by atoms with E-state index in [1.807, 2.05) is 51.1 Å². The smallest absolute Gasteiger partial charge is 0.410 e. The Hall–Kier alpha value is -11.1. The van der Waals surface area contributed by atoms with Crippen molar-refractivity contribution >= 4 is 80.7 Å². The lowest BCUT2D eigenvalue weighted by Gasteiger charge is -2.36. The number of esters is 1. The van der Waals surface area contributed by atoms with Gasteiger partial charge in [0.2, 0.25) is 11.8 Å². The van der Waals surface area contributed by atoms with E-state index in [2.05, 4.69) is 27.8 Å². The first-order valence-electron chi connectivity index (χ1n) is 34.0. The molecule has 7 aromatic rings. The van der Waals surface area contributed by atoms with Gasteiger partial charge < -0.3 is 93.7 Å². The van der Waals surface area contributed by atoms with Crippen LogP contribution in [0.5, 0.6) is 17.2 Å². The number of carbonyl (C=O) groups excluding carboxylic acids is 7. The third-order valence-corrected chi connectivity index (χ3v) is 16.1. The highest BCUT2D eigenvalue weighted by molar-refractivity contribution is 5.98. The average Bonchev–Trinajstić information content (AvgIpc) is 0.794. The van der Waals surface area contributed by atoms with Gasteiger partial charge in [-0.15, -0.1) is 0 Å². The standard InChI is InChI=1S/C32H35N3O8.C19H22N2O6.C10H6O5.C9H18N2O2.C4H10N2/c1-2-28(37)33-13-7-6-10-24(19-29(38)42-21-22-8-4-3-5-9-22)30(39)34-14-16-35(17-15-34)31(40)26-18-23-11-12-25(36)20-27(23)43-32(26)41;1-19(2,3)27-18(25)21-8-6-20(7-9-21)16(23)14-10-12-4-5-13(22)11-15(12)26-17(14)24;11-6-2-1-5-3-7(9(12)13)10(14)15-8(5)4-6;1-9(2,3)13-8(12)11-6-4-10-5-7-11;1-2-6-4-3-5-1/h2-5,8-9,11-12,18,20,24,36H,1,6-7,10,13-17,19,21H2,(H,33,37);4-5,10-11,22H,6-9H2,1-3H3;1-4,11H,(H,12,13);10H,4-7H2,1-3H3;5-6H,1-4H2/t24-;;;;/m1..../s1. The van der Waals surface area contributed by atoms with Crippen LogP contribution < -0.4 is 38.1 Å². The molecule has 558 valence electrons. The summed E-state index contributed by atoms with van der Waals surface area (Å²) in [5, 5.41) is 50.7. The van der Waals surface area contributed by atoms with Gasteiger partial charge in [-0.05, 0) is 121 Å². The number of hydrogen-bond donors (Lipinski definition) is 8. The van der Waals surface area contributed by atoms with Gasteiger partial charge in [-0.1, -0.05) is 43.3 Å². The quantitative estimate of drug-likeness (QED) is 0.0192. The van der Waals surface area contributed by atoms with E-state index in [0.717, 1.165) is 57.9 Å². The molecule has 0 aliphatic carbocycles. The van der Waals surface area contributed by atoms with Crippen LogP contribution in [0.3, 0.4) is 0 Å². The summed E-state index contributed by atoms with van der Waals surface area (Å²) in [4.78, 5) is 142. The molecule has 3 aromatic heterocycles. The van der Waals surface area contributed by atoms with E-state index in [0.29, 0.717) is 68.1 Å². The zero-order chi connectivity index (χ0) is 75.7. The van der Waals surface area contributed by atoms with E-state index in [9.17, 15) is 63.0 Å². The van der Waals surface area contributed by atoms with Gasteiger partial charge in [0.1, 0.15) is 68.5 Å². The number of phenols is 3. The van der Waals surface area contributed by atoms with E-state index >= 15 is 0 Å². The summed E-state index contributed by atoms with van der Waals surface area (Å²) in [5.41, 5.74) is -2.69. The summed E-state index contributed by atoms with van der Waals surface area (Å²) in [6.45, 7) is 24.9. The number of carboxylic acid groups (broad SMARTS) is 1. The minimum atomic E-state index is -1.33. The molecule has 8 N–H and O–H groups in total. The number of rotatable bonds is 14. The fourth-order valence-corrected chi connectivity index (χ4v) is 10.8. The highest BCUT2D eigenvalue weighted by Gasteiger charge is 2.33. The van der Waals surface area contributed by atoms with Crippen molar-refractivity contribution < 1.29 is 86.2 Å². The molecule has 4 fully saturated rings. The lowest BCUT2D eigenvalue weighted by Crippen LogP contribution is -2.52. The third-order valence-electron chi connectivity index (χ3n) is 16.1. The zero-order valence-corrected chi connectivity index (χ0v) is 59.2. The largest absolute Gasteiger partial charge is 0.508 e. The van der Waals surface area contributed by atoms with E-state index in [4.69, 9.17) is 37.7 Å². The Kier molecular flexibility index (Phi) is 29.5. The maximum atomic E-state index is 13.5. The highest BCUT2D eigenvalue weighted by atomic mass is 16.6. The van der Waals surface area contributed by atoms with Crippen LogP contribution in [-0.4, -0.2) is 215 Å². The molecular formula is C74H91N9O21. The average molecular weight is 1440 g/mol. The topological polar surface area (TPSA) is 400 Å². The number of aromatic carboxylic acids is 1. The molecule has 104 heavy (non-hydrogen) atoms. The molecule has 0 bridgehead atoms. The van der Waals surface area contributed by atoms with E-state index in [1.165, 1.54) is 76.5 Å². The fraction of sp³-hybridized carbons (Fsp3) is 0.419. The first-order chi connectivity index (χ1) is 49.4. The summed E-state index contributed by atoms with van der Waals surface area (Å²) in [6.07, 6.45) is 2.14. The van der Waals surface area contributed by atoms with Gasteiger partial charge in [-0.25, -0.2) is 28.8 Å². The van der Waals surface area contributed by atoms with Gasteiger partial charge in [-0.2, -0.15) is 0 Å². The van der Waals surface area contributed by atoms with Crippen molar-refractivity contribution in [2.75, 3.05) is 111 Å². The predicted octanol–water partition coefficient (Wildman–Crippen LogP) is 6.40. The van der Waals surface area contributed by atoms with Gasteiger partial charge >= 0.3 is 41.0 Å². The van der Waals surface area contributed by atoms with E-state index < -0.39 is 63.8 Å². The van der Waals surface area contributed by atoms with Crippen molar-refractivity contribution in [1.82, 2.24) is 45.8 Å². The number of carbonyl (C=O) groups is 8. The summed E-state index contributed by atoms with van der Waals surface area (Å²) in [6, 6.07) is 26.1. The Bertz CT molecular complexity index is 4310. The molecule has 30 nitrogen and oxygen atoms in total. The molecule has 4 aromatic carbocycles. The second kappa shape index (κ2) is 38.2. The molecule has 7 heterocycles. The van der Waals surface area contributed by atoms with Crippen molar-refractivity contribution in [3.63, 3.8) is 0 Å². The van der Waals surface area contributed by atoms with Gasteiger partial charge in [-0.3, -0.25) is 24.0 Å². The monoisotopic (exact) mass is 1440 g/mol. The van der Waals surface area contributed by atoms with Crippen molar-refractivity contribution in [2.45, 2.75) is 85.0 Å². The van der Waals surface area contributed by atoms with Crippen molar-refractivity contribution in [3.05, 3.63) is 169 Å². The normalized spacial score (nSPS) is 14.8. The first-order valence-corrected chi connectivity index (χ1v) is 34.0. The minimum absolute atomic E-state index is 0.0250. The molecule has 4 aliphatic rings. The number of ether oxygens (including phenoxy) is 3. The number of aromatic hydroxyl groups is 3. The van der Waals surface area contributed by atoms with Crippen LogP contribution in [0.4, 0.5) is 9.59 Å². The number of phenolic OH excluding ortho intramolecular Hbond substituents is 3. The predicted molar refractivity (Wildman–Crippen MR) is 383 cm³/mol. The Morgan fingerprint density at radius 2 is 0.913 bits per heavy atom. The SMILES string of the molecule is C1CNCCN1.C=CC(=O)NCCCC[C@H](CC(=O)OCc1ccccc1)C(=O)N1CCN(C(=O)c2cc3ccc(O)cc3oc2=O)CC1.CC(C)(C)OC(=O)N1CCN(C(=O)c2cc3ccc(O)cc3oc2=O)CC1.CC(C)(C)OC(=O)N1CCNCC1.O=C(O)c1cc2ccc(O)cc2oc1=O. The number of unbranched alkanes of at least 4 members (excludes halogenated alkanes) is 1. The van der Waals surface area contributed by atoms with Crippen molar-refractivity contribution in [1.29, 1.82) is 0 Å². The summed E-state index contributed by atoms with van der Waals surface area (Å²) in [7, 11) is 0. The molecule has 4 saturated heterocycles. The molecule has 0 spiro atoms. The third kappa shape index (κ3) is 25.1. The highest BCUT2D eigenvalue weighted by Crippen LogP contribution is 2.25. The fourth-order valence-electron chi connectivity index (χ4n) is 10.8. The zero-order valence-electron chi connectivity index (χ0n) is 59.2. The van der Waals surface area contributed by atoms with Gasteiger partial charge in [0.25, 0.3) is 11.8 Å². The molecule has 30 heteroatoms. The number of nitrogens with zero attached hydrogens (tertiary/aromatic N) is 5. The maximum Gasteiger partial charge on any atom is 0.410 e. The molecule has 6 amide bonds. The number of nitrogens with one attached hydrogen (secondary N) is 4. The Labute approximate surface area is 599 Å². The van der Waals surface area contributed by atoms with Gasteiger partial charge in [0.05, 0.1) is 6.42 Å². The molecule has 11 rings (SSSR count). The van der Waals surface area contributed by atoms with Crippen molar-refractivity contribution in [3.8, 4) is 17.2 Å². The van der Waals surface area contributed by atoms with Crippen molar-refractivity contribution in [2.24, 2.45) is 5.92 Å². The number of piperazine rings is 4. The van der Waals surface area contributed by atoms with Crippen LogP contribution in [0.15, 0.2) is 143 Å². The number of hydrogen-bond acceptors (Lipinski definition) is 23. The summed E-state index contributed by atoms with van der Waals surface area (Å²) >= 11 is 0. The van der Waals surface area contributed by atoms with Crippen LogP contribution in [0.25, 0.3) is 32.9 Å². The van der Waals surface area contributed by atoms with Crippen LogP contribution in [0.1, 0.15) is 104 Å². The Morgan fingerprint density at radius 3 is 1.33 bits per heavy atom. The molecule has 4 aliphatic heterocycles. The second-order valence-corrected chi connectivity index (χ2v) is 26.4. The van der Waals surface area contributed by atoms with Crippen LogP contribution in [0, 0.1) is 5.92 Å². The van der Waals surface area contributed by atoms with Crippen LogP contribution in [0.2, 0.25) is 0 Å². The number of amides is 6. The molecule has 0 unspecified atom stereocenters. The minimum Gasteiger partial charge on any atom is -0.508 e. The van der Waals surface area contributed by atoms with E-state index in [-0.39, 0.29) is 108 Å². The summed E-state index contributed by atoms with van der Waals surface area (Å²) < 4.78 is 31.1. The van der Waals surface area contributed by atoms with Crippen LogP contribution >= 0.6 is 0 Å². The number of carboxylic acids is 1. The molecule has 0 saturated carbocycles. The van der Waals surface area contributed by atoms with Crippen LogP contribution in [-0.2, 0) is 35.2 Å². The van der Waals surface area contributed by atoms with Gasteiger partial charge in [0, 0.05) is 152 Å². The lowest BCUT2D eigenvalue weighted by atomic mass is 9.96. The molecule has 0 radical (unpaired) electrons. The van der Waals surface area contributed by atoms with E-state index in [1.54, 1.807) is 47.6 Å². The van der Waals surface area contributed by atoms with Gasteiger partial charge in [0.15, 0.2) is 0 Å². The molecular weight excluding hydrogens is 1350 g/mol. The Balaban J connectivity index is 0.000000208. The maximum absolute atomic E-state index is 13.5. The first kappa shape index (κ1) is 80.2. The second-order valence-electron chi connectivity index (χ2n) is 26.4.